The van der Waals surface area contributed by atoms with Crippen LogP contribution in [-0.2, 0) is 0 Å². The third-order valence-electron chi connectivity index (χ3n) is 6.11. The second-order valence-corrected chi connectivity index (χ2v) is 8.01. The monoisotopic (exact) mass is 402 g/mol. The minimum atomic E-state index is -0.245. The van der Waals surface area contributed by atoms with Gasteiger partial charge in [-0.3, -0.25) is 0 Å². The zero-order valence-corrected chi connectivity index (χ0v) is 17.1. The van der Waals surface area contributed by atoms with Gasteiger partial charge >= 0.3 is 0 Å². The third-order valence-corrected chi connectivity index (χ3v) is 6.11. The second kappa shape index (κ2) is 7.44. The molecule has 2 aliphatic heterocycles. The summed E-state index contributed by atoms with van der Waals surface area (Å²) in [5.41, 5.74) is 7.01. The first kappa shape index (κ1) is 18.0. The van der Waals surface area contributed by atoms with Crippen molar-refractivity contribution in [2.75, 3.05) is 0 Å². The number of rotatable bonds is 3. The predicted molar refractivity (Wildman–Crippen MR) is 124 cm³/mol. The van der Waals surface area contributed by atoms with Crippen molar-refractivity contribution < 1.29 is 4.74 Å². The lowest BCUT2D eigenvalue weighted by molar-refractivity contribution is -0.0190. The molecule has 4 aromatic rings. The molecule has 0 saturated carbocycles. The van der Waals surface area contributed by atoms with Crippen molar-refractivity contribution in [2.45, 2.75) is 18.7 Å². The summed E-state index contributed by atoms with van der Waals surface area (Å²) in [6.45, 7) is 0. The highest BCUT2D eigenvalue weighted by atomic mass is 16.5. The summed E-state index contributed by atoms with van der Waals surface area (Å²) in [6, 6.07) is 38.1. The summed E-state index contributed by atoms with van der Waals surface area (Å²) in [4.78, 5) is 0. The van der Waals surface area contributed by atoms with Gasteiger partial charge in [-0.15, -0.1) is 0 Å². The number of hydrogen-bond acceptors (Lipinski definition) is 3. The molecule has 3 heteroatoms. The van der Waals surface area contributed by atoms with Crippen LogP contribution in [-0.4, -0.2) is 10.7 Å². The largest absolute Gasteiger partial charge is 0.464 e. The predicted octanol–water partition coefficient (Wildman–Crippen LogP) is 6.60. The molecule has 0 spiro atoms. The topological polar surface area (TPSA) is 24.8 Å². The van der Waals surface area contributed by atoms with E-state index in [4.69, 9.17) is 9.84 Å². The van der Waals surface area contributed by atoms with Crippen LogP contribution in [0.3, 0.4) is 0 Å². The van der Waals surface area contributed by atoms with Gasteiger partial charge in [0.1, 0.15) is 5.75 Å². The van der Waals surface area contributed by atoms with Gasteiger partial charge in [0.15, 0.2) is 0 Å². The number of benzene rings is 4. The van der Waals surface area contributed by atoms with Crippen molar-refractivity contribution in [3.8, 4) is 16.9 Å². The number of hydrazone groups is 1. The van der Waals surface area contributed by atoms with E-state index in [-0.39, 0.29) is 12.3 Å². The van der Waals surface area contributed by atoms with Crippen LogP contribution >= 0.6 is 0 Å². The van der Waals surface area contributed by atoms with E-state index in [9.17, 15) is 0 Å². The lowest BCUT2D eigenvalue weighted by Crippen LogP contribution is -2.33. The number of para-hydroxylation sites is 1. The Balaban J connectivity index is 1.39. The van der Waals surface area contributed by atoms with Gasteiger partial charge in [0.25, 0.3) is 0 Å². The third kappa shape index (κ3) is 3.19. The maximum Gasteiger partial charge on any atom is 0.213 e. The van der Waals surface area contributed by atoms with E-state index >= 15 is 0 Å². The molecule has 0 aromatic heterocycles. The van der Waals surface area contributed by atoms with Crippen molar-refractivity contribution in [2.24, 2.45) is 5.10 Å². The molecule has 0 N–H and O–H groups in total. The Hall–Kier alpha value is -3.85. The van der Waals surface area contributed by atoms with Crippen LogP contribution in [0.25, 0.3) is 11.1 Å². The van der Waals surface area contributed by atoms with Gasteiger partial charge < -0.3 is 4.74 Å². The van der Waals surface area contributed by atoms with E-state index in [2.05, 4.69) is 96.0 Å². The molecule has 0 bridgehead atoms. The standard InChI is InChI=1S/C28H22N2O/c1-3-9-20(10-4-1)21-15-17-23(18-16-21)28-30-26(24-13-7-8-14-27(24)31-28)19-25(29-30)22-11-5-2-6-12-22/h1-18,26,28H,19H2/t26-,28+/m0/s1. The van der Waals surface area contributed by atoms with Gasteiger partial charge in [-0.25, -0.2) is 5.01 Å². The van der Waals surface area contributed by atoms with Crippen molar-refractivity contribution in [1.29, 1.82) is 0 Å². The van der Waals surface area contributed by atoms with Crippen LogP contribution in [0.5, 0.6) is 5.75 Å². The van der Waals surface area contributed by atoms with Gasteiger partial charge in [-0.05, 0) is 22.8 Å². The van der Waals surface area contributed by atoms with Crippen LogP contribution in [0.4, 0.5) is 0 Å². The molecule has 0 unspecified atom stereocenters. The Morgan fingerprint density at radius 2 is 1.26 bits per heavy atom. The summed E-state index contributed by atoms with van der Waals surface area (Å²) in [5.74, 6) is 0.949. The average Bonchev–Trinajstić information content (AvgIpc) is 3.31. The van der Waals surface area contributed by atoms with Crippen LogP contribution in [0.15, 0.2) is 114 Å². The zero-order valence-electron chi connectivity index (χ0n) is 17.1. The molecule has 2 heterocycles. The highest BCUT2D eigenvalue weighted by Crippen LogP contribution is 2.47. The number of ether oxygens (including phenoxy) is 1. The Morgan fingerprint density at radius 3 is 2.00 bits per heavy atom. The Bertz CT molecular complexity index is 1230. The van der Waals surface area contributed by atoms with Crippen molar-refractivity contribution in [3.05, 3.63) is 126 Å². The minimum Gasteiger partial charge on any atom is -0.464 e. The molecular weight excluding hydrogens is 380 g/mol. The normalized spacial score (nSPS) is 19.2. The molecule has 4 aromatic carbocycles. The Morgan fingerprint density at radius 1 is 0.645 bits per heavy atom. The van der Waals surface area contributed by atoms with Gasteiger partial charge in [0, 0.05) is 17.5 Å². The fourth-order valence-electron chi connectivity index (χ4n) is 4.53. The minimum absolute atomic E-state index is 0.180. The average molecular weight is 402 g/mol. The molecule has 0 saturated heterocycles. The molecule has 150 valence electrons. The van der Waals surface area contributed by atoms with E-state index in [1.807, 2.05) is 18.2 Å². The van der Waals surface area contributed by atoms with Crippen LogP contribution < -0.4 is 4.74 Å². The molecule has 0 fully saturated rings. The highest BCUT2D eigenvalue weighted by Gasteiger charge is 2.40. The summed E-state index contributed by atoms with van der Waals surface area (Å²) >= 11 is 0. The number of nitrogens with zero attached hydrogens (tertiary/aromatic N) is 2. The molecule has 2 atom stereocenters. The second-order valence-electron chi connectivity index (χ2n) is 8.01. The van der Waals surface area contributed by atoms with Crippen molar-refractivity contribution >= 4 is 5.71 Å². The lowest BCUT2D eigenvalue weighted by Gasteiger charge is -2.38. The molecule has 3 nitrogen and oxygen atoms in total. The summed E-state index contributed by atoms with van der Waals surface area (Å²) in [7, 11) is 0. The smallest absolute Gasteiger partial charge is 0.213 e. The molecule has 0 amide bonds. The molecule has 6 rings (SSSR count). The first-order valence-electron chi connectivity index (χ1n) is 10.7. The fourth-order valence-corrected chi connectivity index (χ4v) is 4.53. The summed E-state index contributed by atoms with van der Waals surface area (Å²) in [5, 5.41) is 7.18. The van der Waals surface area contributed by atoms with E-state index in [0.717, 1.165) is 23.4 Å². The molecule has 2 aliphatic rings. The van der Waals surface area contributed by atoms with E-state index in [1.165, 1.54) is 22.3 Å². The molecule has 0 aliphatic carbocycles. The maximum atomic E-state index is 6.48. The first-order valence-corrected chi connectivity index (χ1v) is 10.7. The number of hydrogen-bond donors (Lipinski definition) is 0. The van der Waals surface area contributed by atoms with E-state index in [0.29, 0.717) is 0 Å². The maximum absolute atomic E-state index is 6.48. The van der Waals surface area contributed by atoms with Crippen molar-refractivity contribution in [3.63, 3.8) is 0 Å². The van der Waals surface area contributed by atoms with Gasteiger partial charge in [0.05, 0.1) is 11.8 Å². The lowest BCUT2D eigenvalue weighted by atomic mass is 9.95. The first-order chi connectivity index (χ1) is 15.4. The van der Waals surface area contributed by atoms with Crippen LogP contribution in [0.1, 0.15) is 35.4 Å². The fraction of sp³-hybridized carbons (Fsp3) is 0.107. The van der Waals surface area contributed by atoms with E-state index < -0.39 is 0 Å². The highest BCUT2D eigenvalue weighted by molar-refractivity contribution is 6.01. The Labute approximate surface area is 182 Å². The Kier molecular flexibility index (Phi) is 4.31. The number of fused-ring (bicyclic) bond motifs is 3. The molecule has 0 radical (unpaired) electrons. The molecule has 31 heavy (non-hydrogen) atoms. The van der Waals surface area contributed by atoms with E-state index in [1.54, 1.807) is 0 Å². The quantitative estimate of drug-likeness (QED) is 0.386. The van der Waals surface area contributed by atoms with Gasteiger partial charge in [-0.2, -0.15) is 5.10 Å². The van der Waals surface area contributed by atoms with Gasteiger partial charge in [0.2, 0.25) is 6.23 Å². The summed E-state index contributed by atoms with van der Waals surface area (Å²) < 4.78 is 6.48. The molecular formula is C28H22N2O. The van der Waals surface area contributed by atoms with Crippen LogP contribution in [0.2, 0.25) is 0 Å². The SMILES string of the molecule is c1ccc(C2=NN3[C@@H](c4ccc(-c5ccccc5)cc4)Oc4ccccc4[C@@H]3C2)cc1. The van der Waals surface area contributed by atoms with Crippen LogP contribution in [0, 0.1) is 0 Å². The summed E-state index contributed by atoms with van der Waals surface area (Å²) in [6.07, 6.45) is 0.633. The zero-order chi connectivity index (χ0) is 20.6. The van der Waals surface area contributed by atoms with Crippen molar-refractivity contribution in [1.82, 2.24) is 5.01 Å². The van der Waals surface area contributed by atoms with Gasteiger partial charge in [-0.1, -0.05) is 103 Å².